The van der Waals surface area contributed by atoms with Crippen molar-refractivity contribution in [3.8, 4) is 12.3 Å². The predicted octanol–water partition coefficient (Wildman–Crippen LogP) is 1.81. The summed E-state index contributed by atoms with van der Waals surface area (Å²) in [6, 6.07) is 9.65. The monoisotopic (exact) mass is 374 g/mol. The third-order valence-electron chi connectivity index (χ3n) is 5.12. The molecule has 1 aliphatic heterocycles. The molecule has 0 atom stereocenters. The second kappa shape index (κ2) is 7.33. The first-order chi connectivity index (χ1) is 13.5. The predicted molar refractivity (Wildman–Crippen MR) is 112 cm³/mol. The molecule has 1 saturated heterocycles. The Morgan fingerprint density at radius 3 is 2.50 bits per heavy atom. The number of hydrogen-bond donors (Lipinski definition) is 1. The molecule has 2 aromatic heterocycles. The van der Waals surface area contributed by atoms with Crippen LogP contribution in [0, 0.1) is 12.3 Å². The highest BCUT2D eigenvalue weighted by molar-refractivity contribution is 5.82. The SMILES string of the molecule is C#Cc1cc(=O)n(C)c2nc(Nc3ccc(N4CCN(C)CC4)cc3)ncc12. The van der Waals surface area contributed by atoms with E-state index in [0.717, 1.165) is 31.9 Å². The fraction of sp³-hybridized carbons (Fsp3) is 0.286. The van der Waals surface area contributed by atoms with Crippen LogP contribution in [-0.2, 0) is 7.05 Å². The zero-order valence-electron chi connectivity index (χ0n) is 16.0. The van der Waals surface area contributed by atoms with E-state index in [-0.39, 0.29) is 5.56 Å². The fourth-order valence-corrected chi connectivity index (χ4v) is 3.35. The van der Waals surface area contributed by atoms with Gasteiger partial charge < -0.3 is 15.1 Å². The lowest BCUT2D eigenvalue weighted by molar-refractivity contribution is 0.313. The summed E-state index contributed by atoms with van der Waals surface area (Å²) in [6.07, 6.45) is 7.15. The molecule has 4 rings (SSSR count). The van der Waals surface area contributed by atoms with E-state index < -0.39 is 0 Å². The number of piperazine rings is 1. The number of aryl methyl sites for hydroxylation is 1. The number of pyridine rings is 1. The molecular weight excluding hydrogens is 352 g/mol. The van der Waals surface area contributed by atoms with E-state index in [9.17, 15) is 4.79 Å². The third kappa shape index (κ3) is 3.42. The number of benzene rings is 1. The van der Waals surface area contributed by atoms with Crippen molar-refractivity contribution in [3.05, 3.63) is 52.4 Å². The summed E-state index contributed by atoms with van der Waals surface area (Å²) in [5, 5.41) is 3.88. The van der Waals surface area contributed by atoms with Gasteiger partial charge in [-0.05, 0) is 31.3 Å². The van der Waals surface area contributed by atoms with Gasteiger partial charge >= 0.3 is 0 Å². The first-order valence-corrected chi connectivity index (χ1v) is 9.19. The number of rotatable bonds is 3. The smallest absolute Gasteiger partial charge is 0.253 e. The first kappa shape index (κ1) is 18.0. The van der Waals surface area contributed by atoms with Gasteiger partial charge in [0.05, 0.1) is 5.39 Å². The van der Waals surface area contributed by atoms with Crippen LogP contribution < -0.4 is 15.8 Å². The molecule has 0 bridgehead atoms. The zero-order valence-corrected chi connectivity index (χ0v) is 16.0. The zero-order chi connectivity index (χ0) is 19.7. The summed E-state index contributed by atoms with van der Waals surface area (Å²) in [7, 11) is 3.82. The molecular formula is C21H22N6O. The Labute approximate surface area is 163 Å². The van der Waals surface area contributed by atoms with Crippen LogP contribution in [0.15, 0.2) is 41.3 Å². The third-order valence-corrected chi connectivity index (χ3v) is 5.12. The molecule has 3 heterocycles. The largest absolute Gasteiger partial charge is 0.369 e. The van der Waals surface area contributed by atoms with Crippen LogP contribution in [0.1, 0.15) is 5.56 Å². The molecule has 28 heavy (non-hydrogen) atoms. The average molecular weight is 374 g/mol. The second-order valence-corrected chi connectivity index (χ2v) is 6.99. The molecule has 0 saturated carbocycles. The molecule has 1 fully saturated rings. The summed E-state index contributed by atoms with van der Waals surface area (Å²) >= 11 is 0. The number of fused-ring (bicyclic) bond motifs is 1. The summed E-state index contributed by atoms with van der Waals surface area (Å²) < 4.78 is 1.47. The molecule has 7 nitrogen and oxygen atoms in total. The van der Waals surface area contributed by atoms with Crippen LogP contribution in [0.25, 0.3) is 11.0 Å². The maximum absolute atomic E-state index is 12.1. The van der Waals surface area contributed by atoms with Crippen molar-refractivity contribution in [3.63, 3.8) is 0 Å². The maximum Gasteiger partial charge on any atom is 0.253 e. The number of aromatic nitrogens is 3. The Morgan fingerprint density at radius 2 is 1.82 bits per heavy atom. The van der Waals surface area contributed by atoms with Crippen molar-refractivity contribution in [2.24, 2.45) is 7.05 Å². The topological polar surface area (TPSA) is 66.3 Å². The molecule has 0 spiro atoms. The molecule has 3 aromatic rings. The van der Waals surface area contributed by atoms with Crippen LogP contribution in [0.3, 0.4) is 0 Å². The van der Waals surface area contributed by atoms with Crippen molar-refractivity contribution in [1.29, 1.82) is 0 Å². The lowest BCUT2D eigenvalue weighted by Gasteiger charge is -2.34. The number of hydrogen-bond acceptors (Lipinski definition) is 6. The number of likely N-dealkylation sites (N-methyl/N-ethyl adjacent to an activating group) is 1. The van der Waals surface area contributed by atoms with Gasteiger partial charge in [0.25, 0.3) is 5.56 Å². The van der Waals surface area contributed by atoms with E-state index in [1.165, 1.54) is 16.3 Å². The van der Waals surface area contributed by atoms with E-state index in [2.05, 4.69) is 50.2 Å². The van der Waals surface area contributed by atoms with Crippen molar-refractivity contribution in [1.82, 2.24) is 19.4 Å². The highest BCUT2D eigenvalue weighted by atomic mass is 16.1. The number of anilines is 3. The van der Waals surface area contributed by atoms with Gasteiger partial charge in [0.1, 0.15) is 5.65 Å². The van der Waals surface area contributed by atoms with E-state index in [4.69, 9.17) is 6.42 Å². The summed E-state index contributed by atoms with van der Waals surface area (Å²) in [5.41, 5.74) is 2.91. The summed E-state index contributed by atoms with van der Waals surface area (Å²) in [6.45, 7) is 4.21. The van der Waals surface area contributed by atoms with E-state index in [1.54, 1.807) is 13.2 Å². The van der Waals surface area contributed by atoms with Gasteiger partial charge in [0.15, 0.2) is 0 Å². The molecule has 7 heteroatoms. The van der Waals surface area contributed by atoms with Crippen LogP contribution in [0.5, 0.6) is 0 Å². The molecule has 0 radical (unpaired) electrons. The van der Waals surface area contributed by atoms with Crippen LogP contribution >= 0.6 is 0 Å². The minimum absolute atomic E-state index is 0.193. The second-order valence-electron chi connectivity index (χ2n) is 6.99. The van der Waals surface area contributed by atoms with Gasteiger partial charge in [-0.1, -0.05) is 5.92 Å². The van der Waals surface area contributed by atoms with Gasteiger partial charge in [0.2, 0.25) is 5.95 Å². The molecule has 0 unspecified atom stereocenters. The van der Waals surface area contributed by atoms with E-state index in [1.807, 2.05) is 12.1 Å². The van der Waals surface area contributed by atoms with Crippen molar-refractivity contribution < 1.29 is 0 Å². The lowest BCUT2D eigenvalue weighted by Crippen LogP contribution is -2.44. The molecule has 0 amide bonds. The van der Waals surface area contributed by atoms with Gasteiger partial charge in [-0.15, -0.1) is 6.42 Å². The normalized spacial score (nSPS) is 14.8. The standard InChI is InChI=1S/C21H22N6O/c1-4-15-13-19(28)26(3)20-18(15)14-22-21(24-20)23-16-5-7-17(8-6-16)27-11-9-25(2)10-12-27/h1,5-8,13-14H,9-12H2,2-3H3,(H,22,23,24). The van der Waals surface area contributed by atoms with Crippen molar-refractivity contribution >= 4 is 28.4 Å². The highest BCUT2D eigenvalue weighted by Gasteiger charge is 2.14. The van der Waals surface area contributed by atoms with Crippen molar-refractivity contribution in [2.75, 3.05) is 43.4 Å². The lowest BCUT2D eigenvalue weighted by atomic mass is 10.2. The Morgan fingerprint density at radius 1 is 1.11 bits per heavy atom. The molecule has 1 aliphatic rings. The Hall–Kier alpha value is -3.37. The average Bonchev–Trinajstić information content (AvgIpc) is 2.72. The van der Waals surface area contributed by atoms with Crippen LogP contribution in [-0.4, -0.2) is 52.7 Å². The quantitative estimate of drug-likeness (QED) is 0.706. The van der Waals surface area contributed by atoms with Crippen molar-refractivity contribution in [2.45, 2.75) is 0 Å². The van der Waals surface area contributed by atoms with Gasteiger partial charge in [-0.2, -0.15) is 4.98 Å². The molecule has 1 N–H and O–H groups in total. The molecule has 142 valence electrons. The van der Waals surface area contributed by atoms with E-state index >= 15 is 0 Å². The van der Waals surface area contributed by atoms with E-state index in [0.29, 0.717) is 22.5 Å². The van der Waals surface area contributed by atoms with Crippen LogP contribution in [0.2, 0.25) is 0 Å². The maximum atomic E-state index is 12.1. The van der Waals surface area contributed by atoms with Gasteiger partial charge in [-0.3, -0.25) is 9.36 Å². The first-order valence-electron chi connectivity index (χ1n) is 9.19. The summed E-state index contributed by atoms with van der Waals surface area (Å²) in [5.74, 6) is 2.95. The molecule has 0 aliphatic carbocycles. The number of terminal acetylenes is 1. The fourth-order valence-electron chi connectivity index (χ4n) is 3.35. The minimum atomic E-state index is -0.193. The molecule has 1 aromatic carbocycles. The number of nitrogens with one attached hydrogen (secondary N) is 1. The Bertz CT molecular complexity index is 1100. The van der Waals surface area contributed by atoms with Gasteiger partial charge in [0, 0.05) is 62.4 Å². The summed E-state index contributed by atoms with van der Waals surface area (Å²) in [4.78, 5) is 25.6. The highest BCUT2D eigenvalue weighted by Crippen LogP contribution is 2.22. The Kier molecular flexibility index (Phi) is 4.72. The van der Waals surface area contributed by atoms with Crippen LogP contribution in [0.4, 0.5) is 17.3 Å². The number of nitrogens with zero attached hydrogens (tertiary/aromatic N) is 5. The van der Waals surface area contributed by atoms with Gasteiger partial charge in [-0.25, -0.2) is 4.98 Å². The minimum Gasteiger partial charge on any atom is -0.369 e. The Balaban J connectivity index is 1.57.